The number of ether oxygens (including phenoxy) is 1. The third-order valence-electron chi connectivity index (χ3n) is 8.70. The molecule has 2 unspecified atom stereocenters. The van der Waals surface area contributed by atoms with Gasteiger partial charge in [0.2, 0.25) is 5.91 Å². The van der Waals surface area contributed by atoms with Crippen molar-refractivity contribution in [2.24, 2.45) is 29.4 Å². The van der Waals surface area contributed by atoms with E-state index in [1.54, 1.807) is 44.2 Å². The number of esters is 1. The second-order valence-corrected chi connectivity index (χ2v) is 11.8. The predicted octanol–water partition coefficient (Wildman–Crippen LogP) is 1.10. The van der Waals surface area contributed by atoms with Crippen LogP contribution in [0.4, 0.5) is 0 Å². The highest BCUT2D eigenvalue weighted by Crippen LogP contribution is 2.51. The molecule has 2 fully saturated rings. The quantitative estimate of drug-likeness (QED) is 0.344. The number of carbonyl (C=O) groups is 6. The van der Waals surface area contributed by atoms with Crippen molar-refractivity contribution in [3.63, 3.8) is 0 Å². The van der Waals surface area contributed by atoms with E-state index in [0.717, 1.165) is 0 Å². The Morgan fingerprint density at radius 1 is 1.07 bits per heavy atom. The molecule has 0 radical (unpaired) electrons. The number of primary amides is 1. The number of ketones is 4. The SMILES string of the molecule is CC(C)OC(=O)c1cccc(-c2ccc(O)c3c2C[C@H]2C[C@H]4[C@H](N(C)C)C(=O)C(C(N)=O)C(=O)[C@@]4(O)C(=O)C2C3=O)c1. The van der Waals surface area contributed by atoms with Crippen LogP contribution in [0.15, 0.2) is 36.4 Å². The Hall–Kier alpha value is -4.22. The first-order chi connectivity index (χ1) is 19.7. The normalized spacial score (nSPS) is 28.8. The Bertz CT molecular complexity index is 1560. The molecule has 220 valence electrons. The number of aliphatic hydroxyl groups is 1. The number of rotatable bonds is 5. The number of carbonyl (C=O) groups excluding carboxylic acids is 6. The van der Waals surface area contributed by atoms with Crippen LogP contribution in [0.2, 0.25) is 0 Å². The van der Waals surface area contributed by atoms with Crippen molar-refractivity contribution in [3.8, 4) is 16.9 Å². The Kier molecular flexibility index (Phi) is 7.14. The first-order valence-electron chi connectivity index (χ1n) is 13.7. The summed E-state index contributed by atoms with van der Waals surface area (Å²) in [7, 11) is 3.06. The molecule has 0 spiro atoms. The third kappa shape index (κ3) is 4.26. The van der Waals surface area contributed by atoms with Crippen molar-refractivity contribution in [2.75, 3.05) is 14.1 Å². The first kappa shape index (κ1) is 29.3. The van der Waals surface area contributed by atoms with Crippen LogP contribution in [0.1, 0.15) is 46.5 Å². The van der Waals surface area contributed by atoms with Crippen LogP contribution in [-0.2, 0) is 30.3 Å². The second-order valence-electron chi connectivity index (χ2n) is 11.8. The molecule has 4 N–H and O–H groups in total. The van der Waals surface area contributed by atoms with Crippen molar-refractivity contribution in [1.82, 2.24) is 4.90 Å². The lowest BCUT2D eigenvalue weighted by atomic mass is 9.52. The zero-order chi connectivity index (χ0) is 30.8. The topological polar surface area (TPSA) is 181 Å². The number of likely N-dealkylation sites (N-methyl/N-ethyl adjacent to an activating group) is 1. The highest BCUT2D eigenvalue weighted by atomic mass is 16.5. The number of nitrogens with zero attached hydrogens (tertiary/aromatic N) is 1. The fourth-order valence-electron chi connectivity index (χ4n) is 6.97. The molecule has 2 aromatic carbocycles. The maximum atomic E-state index is 14.0. The Morgan fingerprint density at radius 2 is 1.76 bits per heavy atom. The fraction of sp³-hybridized carbons (Fsp3) is 0.419. The summed E-state index contributed by atoms with van der Waals surface area (Å²) in [5, 5.41) is 22.5. The van der Waals surface area contributed by atoms with Gasteiger partial charge in [-0.25, -0.2) is 4.79 Å². The summed E-state index contributed by atoms with van der Waals surface area (Å²) >= 11 is 0. The zero-order valence-electron chi connectivity index (χ0n) is 23.6. The average Bonchev–Trinajstić information content (AvgIpc) is 2.90. The minimum atomic E-state index is -2.78. The van der Waals surface area contributed by atoms with Crippen LogP contribution in [-0.4, -0.2) is 82.0 Å². The minimum absolute atomic E-state index is 0.0558. The van der Waals surface area contributed by atoms with Gasteiger partial charge in [0, 0.05) is 5.92 Å². The van der Waals surface area contributed by atoms with E-state index >= 15 is 0 Å². The van der Waals surface area contributed by atoms with Crippen LogP contribution in [0.25, 0.3) is 11.1 Å². The molecule has 6 atom stereocenters. The van der Waals surface area contributed by atoms with E-state index in [4.69, 9.17) is 10.5 Å². The van der Waals surface area contributed by atoms with E-state index in [9.17, 15) is 39.0 Å². The third-order valence-corrected chi connectivity index (χ3v) is 8.70. The highest BCUT2D eigenvalue weighted by Gasteiger charge is 2.69. The van der Waals surface area contributed by atoms with Crippen LogP contribution < -0.4 is 5.73 Å². The van der Waals surface area contributed by atoms with E-state index in [0.29, 0.717) is 16.7 Å². The largest absolute Gasteiger partial charge is 0.507 e. The lowest BCUT2D eigenvalue weighted by molar-refractivity contribution is -0.181. The minimum Gasteiger partial charge on any atom is -0.507 e. The molecular formula is C31H32N2O9. The van der Waals surface area contributed by atoms with Crippen molar-refractivity contribution < 1.29 is 43.7 Å². The van der Waals surface area contributed by atoms with E-state index in [2.05, 4.69) is 0 Å². The van der Waals surface area contributed by atoms with Gasteiger partial charge < -0.3 is 20.7 Å². The number of aromatic hydroxyl groups is 1. The first-order valence-corrected chi connectivity index (χ1v) is 13.7. The standard InChI is InChI=1S/C31H32N2O9/c1-13(2)42-30(40)15-7-5-6-14(10-15)17-8-9-20(34)22-18(17)11-16-12-19-24(33(3)4)26(36)23(29(32)39)28(38)31(19,41)27(37)21(16)25(22)35/h5-10,13,16,19,21,23-24,34,41H,11-12H2,1-4H3,(H2,32,39)/t16-,19-,21?,23?,24-,31-/m0/s1. The smallest absolute Gasteiger partial charge is 0.338 e. The molecule has 11 heteroatoms. The number of phenolic OH excluding ortho intramolecular Hbond substituents is 1. The molecule has 0 saturated heterocycles. The molecule has 0 aliphatic heterocycles. The molecule has 3 aliphatic rings. The van der Waals surface area contributed by atoms with Crippen LogP contribution in [0, 0.1) is 23.7 Å². The van der Waals surface area contributed by atoms with E-state index in [-0.39, 0.29) is 35.8 Å². The van der Waals surface area contributed by atoms with Gasteiger partial charge in [-0.2, -0.15) is 0 Å². The molecule has 2 saturated carbocycles. The Balaban J connectivity index is 1.62. The molecule has 11 nitrogen and oxygen atoms in total. The lowest BCUT2D eigenvalue weighted by Crippen LogP contribution is -2.74. The van der Waals surface area contributed by atoms with Gasteiger partial charge in [0.25, 0.3) is 0 Å². The maximum absolute atomic E-state index is 14.0. The number of fused-ring (bicyclic) bond motifs is 3. The number of Topliss-reactive ketones (excluding diaryl/α,β-unsaturated/α-hetero) is 4. The number of benzene rings is 2. The van der Waals surface area contributed by atoms with Gasteiger partial charge in [0.1, 0.15) is 5.75 Å². The second kappa shape index (κ2) is 10.2. The maximum Gasteiger partial charge on any atom is 0.338 e. The number of hydrogen-bond acceptors (Lipinski definition) is 10. The highest BCUT2D eigenvalue weighted by molar-refractivity contribution is 6.32. The predicted molar refractivity (Wildman–Crippen MR) is 147 cm³/mol. The summed E-state index contributed by atoms with van der Waals surface area (Å²) in [5.74, 6) is -11.6. The summed E-state index contributed by atoms with van der Waals surface area (Å²) in [6.07, 6.45) is -0.280. The van der Waals surface area contributed by atoms with Gasteiger partial charge in [0.05, 0.1) is 29.2 Å². The summed E-state index contributed by atoms with van der Waals surface area (Å²) in [6, 6.07) is 8.36. The Morgan fingerprint density at radius 3 is 2.38 bits per heavy atom. The van der Waals surface area contributed by atoms with Gasteiger partial charge in [0.15, 0.2) is 34.7 Å². The monoisotopic (exact) mass is 576 g/mol. The summed E-state index contributed by atoms with van der Waals surface area (Å²) in [6.45, 7) is 3.46. The van der Waals surface area contributed by atoms with Crippen molar-refractivity contribution in [1.29, 1.82) is 0 Å². The summed E-state index contributed by atoms with van der Waals surface area (Å²) in [4.78, 5) is 80.7. The fourth-order valence-corrected chi connectivity index (χ4v) is 6.97. The molecule has 1 amide bonds. The number of nitrogens with two attached hydrogens (primary N) is 1. The molecular weight excluding hydrogens is 544 g/mol. The number of amides is 1. The molecule has 2 aromatic rings. The van der Waals surface area contributed by atoms with Gasteiger partial charge >= 0.3 is 5.97 Å². The van der Waals surface area contributed by atoms with E-state index in [1.165, 1.54) is 25.1 Å². The van der Waals surface area contributed by atoms with Crippen molar-refractivity contribution in [3.05, 3.63) is 53.1 Å². The summed E-state index contributed by atoms with van der Waals surface area (Å²) < 4.78 is 5.30. The molecule has 5 rings (SSSR count). The van der Waals surface area contributed by atoms with Crippen molar-refractivity contribution in [2.45, 2.75) is 44.4 Å². The van der Waals surface area contributed by atoms with Gasteiger partial charge in [-0.1, -0.05) is 18.2 Å². The van der Waals surface area contributed by atoms with Crippen molar-refractivity contribution >= 4 is 35.0 Å². The molecule has 0 bridgehead atoms. The molecule has 42 heavy (non-hydrogen) atoms. The lowest BCUT2D eigenvalue weighted by Gasteiger charge is -2.52. The Labute approximate surface area is 241 Å². The van der Waals surface area contributed by atoms with Gasteiger partial charge in [-0.15, -0.1) is 0 Å². The zero-order valence-corrected chi connectivity index (χ0v) is 23.6. The number of hydrogen-bond donors (Lipinski definition) is 3. The van der Waals surface area contributed by atoms with Crippen LogP contribution in [0.5, 0.6) is 5.75 Å². The average molecular weight is 577 g/mol. The van der Waals surface area contributed by atoms with Gasteiger partial charge in [-0.3, -0.25) is 28.9 Å². The van der Waals surface area contributed by atoms with E-state index < -0.39 is 70.3 Å². The molecule has 3 aliphatic carbocycles. The van der Waals surface area contributed by atoms with Gasteiger partial charge in [-0.05, 0) is 81.6 Å². The van der Waals surface area contributed by atoms with Crippen LogP contribution in [0.3, 0.4) is 0 Å². The summed E-state index contributed by atoms with van der Waals surface area (Å²) in [5.41, 5.74) is 4.32. The van der Waals surface area contributed by atoms with E-state index in [1.807, 2.05) is 0 Å². The molecule has 0 aromatic heterocycles. The number of phenols is 1. The molecule has 0 heterocycles. The van der Waals surface area contributed by atoms with Crippen LogP contribution >= 0.6 is 0 Å².